The van der Waals surface area contributed by atoms with Crippen molar-refractivity contribution < 1.29 is 14.6 Å². The first-order valence-corrected chi connectivity index (χ1v) is 6.60. The molecule has 102 valence electrons. The summed E-state index contributed by atoms with van der Waals surface area (Å²) in [4.78, 5) is 13.9. The van der Waals surface area contributed by atoms with Crippen LogP contribution in [0.3, 0.4) is 0 Å². The van der Waals surface area contributed by atoms with Crippen molar-refractivity contribution in [2.24, 2.45) is 5.92 Å². The predicted octanol–water partition coefficient (Wildman–Crippen LogP) is 2.32. The summed E-state index contributed by atoms with van der Waals surface area (Å²) >= 11 is 0. The average molecular weight is 253 g/mol. The number of rotatable bonds is 2. The van der Waals surface area contributed by atoms with Gasteiger partial charge in [0.2, 0.25) is 0 Å². The van der Waals surface area contributed by atoms with Crippen LogP contribution in [0.5, 0.6) is 0 Å². The highest BCUT2D eigenvalue weighted by molar-refractivity contribution is 5.71. The van der Waals surface area contributed by atoms with Crippen molar-refractivity contribution in [3.8, 4) is 0 Å². The molecule has 18 heavy (non-hydrogen) atoms. The fraction of sp³-hybridized carbons (Fsp3) is 0.786. The zero-order chi connectivity index (χ0) is 13.6. The van der Waals surface area contributed by atoms with Crippen molar-refractivity contribution in [3.63, 3.8) is 0 Å². The van der Waals surface area contributed by atoms with Gasteiger partial charge in [-0.1, -0.05) is 6.08 Å². The molecule has 0 radical (unpaired) electrons. The molecule has 0 bridgehead atoms. The summed E-state index contributed by atoms with van der Waals surface area (Å²) in [6, 6.07) is 0. The molecule has 1 N–H and O–H groups in total. The van der Waals surface area contributed by atoms with Crippen molar-refractivity contribution in [2.75, 3.05) is 6.54 Å². The zero-order valence-electron chi connectivity index (χ0n) is 11.5. The van der Waals surface area contributed by atoms with Crippen molar-refractivity contribution >= 4 is 6.09 Å². The number of hydrogen-bond acceptors (Lipinski definition) is 3. The molecule has 1 heterocycles. The molecular formula is C14H23NO3. The fourth-order valence-corrected chi connectivity index (χ4v) is 2.80. The van der Waals surface area contributed by atoms with Gasteiger partial charge in [-0.3, -0.25) is 4.90 Å². The van der Waals surface area contributed by atoms with Gasteiger partial charge in [0.25, 0.3) is 0 Å². The maximum atomic E-state index is 12.2. The van der Waals surface area contributed by atoms with Gasteiger partial charge in [-0.25, -0.2) is 4.79 Å². The quantitative estimate of drug-likeness (QED) is 0.768. The molecule has 1 aliphatic heterocycles. The average Bonchev–Trinajstić information content (AvgIpc) is 2.96. The van der Waals surface area contributed by atoms with Crippen LogP contribution < -0.4 is 0 Å². The first kappa shape index (κ1) is 13.4. The van der Waals surface area contributed by atoms with Crippen molar-refractivity contribution in [2.45, 2.75) is 57.3 Å². The number of aliphatic hydroxyl groups is 1. The van der Waals surface area contributed by atoms with E-state index >= 15 is 0 Å². The minimum absolute atomic E-state index is 0.0949. The van der Waals surface area contributed by atoms with Gasteiger partial charge >= 0.3 is 6.09 Å². The van der Waals surface area contributed by atoms with Crippen LogP contribution >= 0.6 is 0 Å². The smallest absolute Gasteiger partial charge is 0.410 e. The molecule has 0 aromatic carbocycles. The highest BCUT2D eigenvalue weighted by atomic mass is 16.6. The Morgan fingerprint density at radius 1 is 1.56 bits per heavy atom. The molecule has 1 spiro atoms. The summed E-state index contributed by atoms with van der Waals surface area (Å²) in [6.45, 7) is 9.86. The van der Waals surface area contributed by atoms with Crippen LogP contribution in [0.4, 0.5) is 4.79 Å². The zero-order valence-corrected chi connectivity index (χ0v) is 11.5. The molecule has 2 aliphatic rings. The van der Waals surface area contributed by atoms with Crippen LogP contribution in [0.1, 0.15) is 40.0 Å². The molecule has 2 fully saturated rings. The highest BCUT2D eigenvalue weighted by Crippen LogP contribution is 2.52. The van der Waals surface area contributed by atoms with Gasteiger partial charge < -0.3 is 9.84 Å². The minimum atomic E-state index is -0.491. The third kappa shape index (κ3) is 2.26. The van der Waals surface area contributed by atoms with E-state index in [1.54, 1.807) is 4.90 Å². The van der Waals surface area contributed by atoms with E-state index in [0.29, 0.717) is 6.54 Å². The van der Waals surface area contributed by atoms with E-state index in [4.69, 9.17) is 4.74 Å². The van der Waals surface area contributed by atoms with Gasteiger partial charge in [0, 0.05) is 12.5 Å². The second-order valence-corrected chi connectivity index (χ2v) is 6.42. The number of allylic oxidation sites excluding steroid dienone is 1. The topological polar surface area (TPSA) is 49.8 Å². The highest BCUT2D eigenvalue weighted by Gasteiger charge is 2.62. The molecule has 2 rings (SSSR count). The van der Waals surface area contributed by atoms with Gasteiger partial charge in [-0.05, 0) is 40.0 Å². The van der Waals surface area contributed by atoms with Crippen LogP contribution in [-0.2, 0) is 4.74 Å². The SMILES string of the molecule is C=CCC1CN(C(=O)OC(C)(C)C)C2(CC2)C1O. The number of nitrogens with zero attached hydrogens (tertiary/aromatic N) is 1. The predicted molar refractivity (Wildman–Crippen MR) is 69.2 cm³/mol. The summed E-state index contributed by atoms with van der Waals surface area (Å²) < 4.78 is 5.42. The number of ether oxygens (including phenoxy) is 1. The van der Waals surface area contributed by atoms with E-state index in [9.17, 15) is 9.90 Å². The Morgan fingerprint density at radius 3 is 2.61 bits per heavy atom. The van der Waals surface area contributed by atoms with Gasteiger partial charge in [-0.15, -0.1) is 6.58 Å². The summed E-state index contributed by atoms with van der Waals surface area (Å²) in [5.41, 5.74) is -0.843. The molecule has 4 nitrogen and oxygen atoms in total. The standard InChI is InChI=1S/C14H23NO3/c1-5-6-10-9-15(12(17)18-13(2,3)4)14(7-8-14)11(10)16/h5,10-11,16H,1,6-9H2,2-4H3. The molecule has 1 saturated heterocycles. The van der Waals surface area contributed by atoms with Gasteiger partial charge in [-0.2, -0.15) is 0 Å². The number of carbonyl (C=O) groups is 1. The Labute approximate surface area is 109 Å². The fourth-order valence-electron chi connectivity index (χ4n) is 2.80. The molecular weight excluding hydrogens is 230 g/mol. The molecule has 1 amide bonds. The van der Waals surface area contributed by atoms with E-state index in [2.05, 4.69) is 6.58 Å². The van der Waals surface area contributed by atoms with Crippen molar-refractivity contribution in [1.29, 1.82) is 0 Å². The normalized spacial score (nSPS) is 29.4. The number of carbonyl (C=O) groups excluding carboxylic acids is 1. The maximum absolute atomic E-state index is 12.2. The maximum Gasteiger partial charge on any atom is 0.410 e. The first-order chi connectivity index (χ1) is 8.30. The lowest BCUT2D eigenvalue weighted by atomic mass is 9.97. The van der Waals surface area contributed by atoms with Crippen LogP contribution in [0.15, 0.2) is 12.7 Å². The van der Waals surface area contributed by atoms with E-state index in [1.165, 1.54) is 0 Å². The molecule has 0 aromatic heterocycles. The molecule has 1 saturated carbocycles. The lowest BCUT2D eigenvalue weighted by Gasteiger charge is -2.29. The first-order valence-electron chi connectivity index (χ1n) is 6.60. The monoisotopic (exact) mass is 253 g/mol. The van der Waals surface area contributed by atoms with Crippen LogP contribution in [0.25, 0.3) is 0 Å². The van der Waals surface area contributed by atoms with Crippen LogP contribution in [0, 0.1) is 5.92 Å². The van der Waals surface area contributed by atoms with Crippen LogP contribution in [0.2, 0.25) is 0 Å². The number of hydrogen-bond donors (Lipinski definition) is 1. The van der Waals surface area contributed by atoms with E-state index in [0.717, 1.165) is 19.3 Å². The molecule has 2 unspecified atom stereocenters. The Morgan fingerprint density at radius 2 is 2.17 bits per heavy atom. The second-order valence-electron chi connectivity index (χ2n) is 6.42. The van der Waals surface area contributed by atoms with Crippen molar-refractivity contribution in [3.05, 3.63) is 12.7 Å². The molecule has 1 aliphatic carbocycles. The Balaban J connectivity index is 2.09. The molecule has 0 aromatic rings. The van der Waals surface area contributed by atoms with E-state index in [1.807, 2.05) is 26.8 Å². The third-order valence-corrected chi connectivity index (χ3v) is 3.80. The van der Waals surface area contributed by atoms with Crippen molar-refractivity contribution in [1.82, 2.24) is 4.90 Å². The largest absolute Gasteiger partial charge is 0.444 e. The van der Waals surface area contributed by atoms with Gasteiger partial charge in [0.1, 0.15) is 5.60 Å². The lowest BCUT2D eigenvalue weighted by molar-refractivity contribution is 0.0107. The summed E-state index contributed by atoms with van der Waals surface area (Å²) in [6.07, 6.45) is 3.56. The summed E-state index contributed by atoms with van der Waals surface area (Å²) in [5, 5.41) is 10.3. The summed E-state index contributed by atoms with van der Waals surface area (Å²) in [7, 11) is 0. The van der Waals surface area contributed by atoms with Crippen LogP contribution in [-0.4, -0.2) is 39.9 Å². The molecule has 4 heteroatoms. The third-order valence-electron chi connectivity index (χ3n) is 3.80. The minimum Gasteiger partial charge on any atom is -0.444 e. The van der Waals surface area contributed by atoms with Gasteiger partial charge in [0.15, 0.2) is 0 Å². The van der Waals surface area contributed by atoms with E-state index in [-0.39, 0.29) is 17.6 Å². The molecule has 2 atom stereocenters. The number of likely N-dealkylation sites (tertiary alicyclic amines) is 1. The Hall–Kier alpha value is -1.03. The second kappa shape index (κ2) is 4.26. The number of amides is 1. The number of aliphatic hydroxyl groups excluding tert-OH is 1. The lowest BCUT2D eigenvalue weighted by Crippen LogP contribution is -2.44. The summed E-state index contributed by atoms with van der Waals surface area (Å²) in [5.74, 6) is 0.0949. The van der Waals surface area contributed by atoms with E-state index < -0.39 is 11.7 Å². The Kier molecular flexibility index (Phi) is 3.18. The Bertz CT molecular complexity index is 355. The van der Waals surface area contributed by atoms with Gasteiger partial charge in [0.05, 0.1) is 11.6 Å².